The van der Waals surface area contributed by atoms with E-state index >= 15 is 0 Å². The molecule has 1 amide bonds. The smallest absolute Gasteiger partial charge is 0.257 e. The summed E-state index contributed by atoms with van der Waals surface area (Å²) in [5.41, 5.74) is 2.65. The van der Waals surface area contributed by atoms with Crippen LogP contribution in [-0.4, -0.2) is 89.8 Å². The van der Waals surface area contributed by atoms with E-state index in [0.29, 0.717) is 24.4 Å². The molecule has 1 N–H and O–H groups in total. The van der Waals surface area contributed by atoms with E-state index < -0.39 is 11.7 Å². The fourth-order valence-corrected chi connectivity index (χ4v) is 5.63. The molecule has 7 heteroatoms. The van der Waals surface area contributed by atoms with Gasteiger partial charge in [-0.05, 0) is 63.4 Å². The molecule has 0 aromatic heterocycles. The maximum Gasteiger partial charge on any atom is 0.257 e. The maximum absolute atomic E-state index is 13.5. The number of carbonyl (C=O) groups is 1. The van der Waals surface area contributed by atoms with Crippen LogP contribution in [0.25, 0.3) is 0 Å². The molecule has 0 radical (unpaired) electrons. The number of fused-ring (bicyclic) bond motifs is 2. The average Bonchev–Trinajstić information content (AvgIpc) is 2.93. The van der Waals surface area contributed by atoms with E-state index in [9.17, 15) is 9.90 Å². The highest BCUT2D eigenvalue weighted by Crippen LogP contribution is 2.34. The van der Waals surface area contributed by atoms with Crippen LogP contribution in [0.2, 0.25) is 0 Å². The molecule has 1 saturated heterocycles. The van der Waals surface area contributed by atoms with Crippen molar-refractivity contribution in [3.05, 3.63) is 59.2 Å². The van der Waals surface area contributed by atoms with Crippen molar-refractivity contribution >= 4 is 5.91 Å². The van der Waals surface area contributed by atoms with Crippen LogP contribution in [0.15, 0.2) is 42.5 Å². The second kappa shape index (κ2) is 10.4. The van der Waals surface area contributed by atoms with E-state index in [1.807, 2.05) is 32.0 Å². The second-order valence-electron chi connectivity index (χ2n) is 11.2. The highest BCUT2D eigenvalue weighted by Gasteiger charge is 2.35. The van der Waals surface area contributed by atoms with Crippen LogP contribution in [0.4, 0.5) is 0 Å². The molecule has 0 unspecified atom stereocenters. The number of aliphatic hydroxyl groups excluding tert-OH is 1. The molecule has 3 aliphatic heterocycles. The number of rotatable bonds is 6. The summed E-state index contributed by atoms with van der Waals surface area (Å²) in [6, 6.07) is 14.0. The van der Waals surface area contributed by atoms with Gasteiger partial charge in [0.2, 0.25) is 0 Å². The van der Waals surface area contributed by atoms with E-state index in [4.69, 9.17) is 9.47 Å². The molecule has 3 heterocycles. The summed E-state index contributed by atoms with van der Waals surface area (Å²) in [7, 11) is 2.13. The first-order chi connectivity index (χ1) is 17.3. The number of hydrogen-bond donors (Lipinski definition) is 1. The molecule has 1 atom stereocenters. The van der Waals surface area contributed by atoms with Gasteiger partial charge in [-0.3, -0.25) is 9.69 Å². The third-order valence-electron chi connectivity index (χ3n) is 7.51. The lowest BCUT2D eigenvalue weighted by atomic mass is 9.99. The summed E-state index contributed by atoms with van der Waals surface area (Å²) in [5.74, 6) is 1.19. The van der Waals surface area contributed by atoms with E-state index in [0.717, 1.165) is 51.2 Å². The van der Waals surface area contributed by atoms with Crippen LogP contribution < -0.4 is 9.47 Å². The largest absolute Gasteiger partial charge is 0.490 e. The predicted octanol–water partition coefficient (Wildman–Crippen LogP) is 3.19. The molecule has 194 valence electrons. The molecule has 2 aromatic rings. The minimum Gasteiger partial charge on any atom is -0.490 e. The fourth-order valence-electron chi connectivity index (χ4n) is 5.63. The van der Waals surface area contributed by atoms with E-state index in [1.54, 1.807) is 4.90 Å². The highest BCUT2D eigenvalue weighted by atomic mass is 16.5. The second-order valence-corrected chi connectivity index (χ2v) is 11.2. The molecular weight excluding hydrogens is 454 g/mol. The number of piperidine rings is 1. The lowest BCUT2D eigenvalue weighted by Crippen LogP contribution is -2.48. The Morgan fingerprint density at radius 2 is 1.83 bits per heavy atom. The number of likely N-dealkylation sites (tertiary alicyclic amines) is 1. The van der Waals surface area contributed by atoms with Gasteiger partial charge in [0, 0.05) is 45.3 Å². The monoisotopic (exact) mass is 493 g/mol. The molecule has 0 bridgehead atoms. The summed E-state index contributed by atoms with van der Waals surface area (Å²) in [6.45, 7) is 9.00. The number of nitrogens with zero attached hydrogens (tertiary/aromatic N) is 3. The molecule has 0 aliphatic carbocycles. The van der Waals surface area contributed by atoms with Crippen LogP contribution in [0.1, 0.15) is 48.2 Å². The zero-order valence-corrected chi connectivity index (χ0v) is 21.8. The maximum atomic E-state index is 13.5. The first-order valence-electron chi connectivity index (χ1n) is 13.2. The Hall–Kier alpha value is -2.61. The summed E-state index contributed by atoms with van der Waals surface area (Å²) in [6.07, 6.45) is 2.52. The summed E-state index contributed by atoms with van der Waals surface area (Å²) >= 11 is 0. The van der Waals surface area contributed by atoms with Gasteiger partial charge in [0.25, 0.3) is 5.91 Å². The lowest BCUT2D eigenvalue weighted by Gasteiger charge is -2.33. The van der Waals surface area contributed by atoms with Crippen LogP contribution in [-0.2, 0) is 13.0 Å². The third-order valence-corrected chi connectivity index (χ3v) is 7.51. The van der Waals surface area contributed by atoms with Crippen molar-refractivity contribution in [2.45, 2.75) is 57.5 Å². The fraction of sp³-hybridized carbons (Fsp3) is 0.552. The van der Waals surface area contributed by atoms with Gasteiger partial charge in [-0.15, -0.1) is 0 Å². The number of β-amino-alcohol motifs (C(OH)–C–C–N with tert-alkyl or cyclic N) is 1. The van der Waals surface area contributed by atoms with Gasteiger partial charge in [0.1, 0.15) is 23.2 Å². The summed E-state index contributed by atoms with van der Waals surface area (Å²) in [4.78, 5) is 19.9. The molecule has 3 aliphatic rings. The van der Waals surface area contributed by atoms with Crippen molar-refractivity contribution in [2.75, 3.05) is 46.3 Å². The molecular formula is C29H39N3O4. The highest BCUT2D eigenvalue weighted by molar-refractivity contribution is 5.97. The molecule has 0 saturated carbocycles. The first-order valence-corrected chi connectivity index (χ1v) is 13.2. The number of amides is 1. The Morgan fingerprint density at radius 3 is 2.61 bits per heavy atom. The summed E-state index contributed by atoms with van der Waals surface area (Å²) in [5, 5.41) is 11.0. The number of aliphatic hydroxyl groups is 1. The van der Waals surface area contributed by atoms with Gasteiger partial charge >= 0.3 is 0 Å². The van der Waals surface area contributed by atoms with Crippen molar-refractivity contribution in [3.63, 3.8) is 0 Å². The van der Waals surface area contributed by atoms with Gasteiger partial charge in [-0.2, -0.15) is 0 Å². The van der Waals surface area contributed by atoms with Gasteiger partial charge < -0.3 is 24.4 Å². The molecule has 5 rings (SSSR count). The van der Waals surface area contributed by atoms with Crippen LogP contribution >= 0.6 is 0 Å². The Morgan fingerprint density at radius 1 is 1.08 bits per heavy atom. The average molecular weight is 494 g/mol. The first kappa shape index (κ1) is 25.1. The van der Waals surface area contributed by atoms with Gasteiger partial charge in [0.05, 0.1) is 18.2 Å². The molecule has 2 aromatic carbocycles. The Bertz CT molecular complexity index is 1080. The molecule has 0 spiro atoms. The van der Waals surface area contributed by atoms with Gasteiger partial charge in [0.15, 0.2) is 0 Å². The minimum atomic E-state index is -0.636. The van der Waals surface area contributed by atoms with Crippen LogP contribution in [0.3, 0.4) is 0 Å². The minimum absolute atomic E-state index is 0.107. The van der Waals surface area contributed by atoms with E-state index in [-0.39, 0.29) is 18.6 Å². The number of benzene rings is 2. The Kier molecular flexibility index (Phi) is 7.24. The van der Waals surface area contributed by atoms with Crippen molar-refractivity contribution in [1.82, 2.24) is 14.7 Å². The quantitative estimate of drug-likeness (QED) is 0.667. The molecule has 1 fully saturated rings. The zero-order valence-electron chi connectivity index (χ0n) is 21.8. The van der Waals surface area contributed by atoms with Gasteiger partial charge in [-0.25, -0.2) is 0 Å². The van der Waals surface area contributed by atoms with E-state index in [2.05, 4.69) is 41.1 Å². The Balaban J connectivity index is 1.25. The number of hydrogen-bond acceptors (Lipinski definition) is 6. The van der Waals surface area contributed by atoms with Gasteiger partial charge in [-0.1, -0.05) is 24.3 Å². The molecule has 7 nitrogen and oxygen atoms in total. The van der Waals surface area contributed by atoms with Crippen LogP contribution in [0.5, 0.6) is 11.5 Å². The van der Waals surface area contributed by atoms with Crippen molar-refractivity contribution in [3.8, 4) is 11.5 Å². The zero-order chi connectivity index (χ0) is 25.3. The third kappa shape index (κ3) is 5.85. The summed E-state index contributed by atoms with van der Waals surface area (Å²) < 4.78 is 12.6. The number of ether oxygens (including phenoxy) is 2. The molecule has 36 heavy (non-hydrogen) atoms. The van der Waals surface area contributed by atoms with Crippen molar-refractivity contribution in [2.24, 2.45) is 0 Å². The lowest BCUT2D eigenvalue weighted by molar-refractivity contribution is 0.0286. The van der Waals surface area contributed by atoms with Crippen LogP contribution in [0, 0.1) is 0 Å². The standard InChI is InChI=1S/C29H39N3O4/c1-29(2)20-32(19-23(33)18-31-15-10-21-6-4-5-7-22(21)17-31)28(34)26-9-8-25(16-27(26)36-29)35-24-11-13-30(3)14-12-24/h4-9,16,23-24,33H,10-15,17-20H2,1-3H3/t23-/m1/s1. The SMILES string of the molecule is CN1CCC(Oc2ccc3c(c2)OC(C)(C)CN(C[C@H](O)CN2CCc4ccccc4C2)C3=O)CC1. The topological polar surface area (TPSA) is 65.5 Å². The normalized spacial score (nSPS) is 21.8. The van der Waals surface area contributed by atoms with Crippen molar-refractivity contribution < 1.29 is 19.4 Å². The van der Waals surface area contributed by atoms with E-state index in [1.165, 1.54) is 11.1 Å². The Labute approximate surface area is 214 Å². The van der Waals surface area contributed by atoms with Crippen molar-refractivity contribution in [1.29, 1.82) is 0 Å². The number of carbonyl (C=O) groups excluding carboxylic acids is 1. The predicted molar refractivity (Wildman–Crippen MR) is 140 cm³/mol.